The summed E-state index contributed by atoms with van der Waals surface area (Å²) in [7, 11) is 0. The van der Waals surface area contributed by atoms with E-state index < -0.39 is 0 Å². The van der Waals surface area contributed by atoms with Gasteiger partial charge in [0.25, 0.3) is 0 Å². The van der Waals surface area contributed by atoms with E-state index in [1.165, 1.54) is 50.5 Å². The van der Waals surface area contributed by atoms with Gasteiger partial charge >= 0.3 is 5.97 Å². The second-order valence-electron chi connectivity index (χ2n) is 11.6. The first-order valence-corrected chi connectivity index (χ1v) is 12.7. The zero-order valence-electron chi connectivity index (χ0n) is 19.6. The molecule has 3 nitrogen and oxygen atoms in total. The molecule has 1 aromatic carbocycles. The normalized spacial score (nSPS) is 44.1. The first-order valence-electron chi connectivity index (χ1n) is 12.7. The Morgan fingerprint density at radius 1 is 0.935 bits per heavy atom. The fraction of sp³-hybridized carbons (Fsp3) is 0.750. The summed E-state index contributed by atoms with van der Waals surface area (Å²) in [6.45, 7) is 7.43. The van der Waals surface area contributed by atoms with E-state index >= 15 is 0 Å². The van der Waals surface area contributed by atoms with Gasteiger partial charge in [-0.05, 0) is 97.9 Å². The highest BCUT2D eigenvalue weighted by Crippen LogP contribution is 2.66. The van der Waals surface area contributed by atoms with Gasteiger partial charge < -0.3 is 9.47 Å². The maximum Gasteiger partial charge on any atom is 0.302 e. The van der Waals surface area contributed by atoms with Gasteiger partial charge in [-0.25, -0.2) is 0 Å². The third kappa shape index (κ3) is 3.75. The van der Waals surface area contributed by atoms with Crippen molar-refractivity contribution in [2.45, 2.75) is 97.4 Å². The van der Waals surface area contributed by atoms with Crippen LogP contribution in [0.1, 0.15) is 84.1 Å². The summed E-state index contributed by atoms with van der Waals surface area (Å²) in [5, 5.41) is 0. The lowest BCUT2D eigenvalue weighted by Gasteiger charge is -2.61. The predicted molar refractivity (Wildman–Crippen MR) is 122 cm³/mol. The van der Waals surface area contributed by atoms with Crippen LogP contribution in [-0.4, -0.2) is 18.2 Å². The quantitative estimate of drug-likeness (QED) is 0.514. The van der Waals surface area contributed by atoms with E-state index in [-0.39, 0.29) is 12.1 Å². The molecule has 1 aromatic rings. The molecular formula is C28H40O3. The molecule has 31 heavy (non-hydrogen) atoms. The van der Waals surface area contributed by atoms with Gasteiger partial charge in [0, 0.05) is 6.92 Å². The number of carbonyl (C=O) groups is 1. The maximum absolute atomic E-state index is 11.5. The zero-order valence-corrected chi connectivity index (χ0v) is 19.6. The van der Waals surface area contributed by atoms with Gasteiger partial charge in [-0.3, -0.25) is 4.79 Å². The average molecular weight is 425 g/mol. The minimum atomic E-state index is -0.108. The summed E-state index contributed by atoms with van der Waals surface area (Å²) in [5.41, 5.74) is 2.07. The number of hydrogen-bond donors (Lipinski definition) is 0. The second kappa shape index (κ2) is 8.21. The molecule has 170 valence electrons. The monoisotopic (exact) mass is 424 g/mol. The van der Waals surface area contributed by atoms with E-state index in [1.54, 1.807) is 6.92 Å². The summed E-state index contributed by atoms with van der Waals surface area (Å²) >= 11 is 0. The van der Waals surface area contributed by atoms with Crippen LogP contribution in [0.15, 0.2) is 30.3 Å². The third-order valence-corrected chi connectivity index (χ3v) is 10.2. The fourth-order valence-electron chi connectivity index (χ4n) is 8.56. The first kappa shape index (κ1) is 21.5. The summed E-state index contributed by atoms with van der Waals surface area (Å²) in [6.07, 6.45) is 11.9. The molecule has 4 saturated carbocycles. The fourth-order valence-corrected chi connectivity index (χ4v) is 8.56. The van der Waals surface area contributed by atoms with Crippen molar-refractivity contribution in [1.82, 2.24) is 0 Å². The van der Waals surface area contributed by atoms with Crippen LogP contribution in [0, 0.1) is 34.5 Å². The number of esters is 1. The van der Waals surface area contributed by atoms with E-state index in [4.69, 9.17) is 9.47 Å². The zero-order chi connectivity index (χ0) is 21.6. The third-order valence-electron chi connectivity index (χ3n) is 10.2. The van der Waals surface area contributed by atoms with Crippen LogP contribution in [0.25, 0.3) is 0 Å². The van der Waals surface area contributed by atoms with Crippen LogP contribution in [0.2, 0.25) is 0 Å². The van der Waals surface area contributed by atoms with Gasteiger partial charge in [0.05, 0.1) is 12.7 Å². The Morgan fingerprint density at radius 2 is 1.68 bits per heavy atom. The van der Waals surface area contributed by atoms with E-state index in [9.17, 15) is 4.79 Å². The molecule has 0 saturated heterocycles. The van der Waals surface area contributed by atoms with Gasteiger partial charge in [0.1, 0.15) is 6.10 Å². The van der Waals surface area contributed by atoms with Crippen LogP contribution in [0.3, 0.4) is 0 Å². The minimum absolute atomic E-state index is 0.108. The van der Waals surface area contributed by atoms with Crippen LogP contribution in [0.5, 0.6) is 0 Å². The molecule has 0 N–H and O–H groups in total. The Bertz CT molecular complexity index is 791. The van der Waals surface area contributed by atoms with Gasteiger partial charge in [-0.1, -0.05) is 44.2 Å². The summed E-state index contributed by atoms with van der Waals surface area (Å²) in [4.78, 5) is 11.5. The Morgan fingerprint density at radius 3 is 2.45 bits per heavy atom. The smallest absolute Gasteiger partial charge is 0.302 e. The number of ether oxygens (including phenoxy) is 2. The Hall–Kier alpha value is -1.35. The molecule has 0 unspecified atom stereocenters. The lowest BCUT2D eigenvalue weighted by atomic mass is 9.45. The highest BCUT2D eigenvalue weighted by molar-refractivity contribution is 5.66. The van der Waals surface area contributed by atoms with E-state index in [1.807, 2.05) is 0 Å². The average Bonchev–Trinajstić information content (AvgIpc) is 3.09. The molecule has 0 radical (unpaired) electrons. The molecule has 5 rings (SSSR count). The van der Waals surface area contributed by atoms with Crippen molar-refractivity contribution >= 4 is 5.97 Å². The number of benzene rings is 1. The molecule has 4 aliphatic carbocycles. The summed E-state index contributed by atoms with van der Waals surface area (Å²) < 4.78 is 12.2. The number of fused-ring (bicyclic) bond motifs is 5. The molecule has 0 spiro atoms. The molecule has 0 aromatic heterocycles. The molecule has 8 atom stereocenters. The summed E-state index contributed by atoms with van der Waals surface area (Å²) in [6, 6.07) is 10.7. The van der Waals surface area contributed by atoms with Gasteiger partial charge in [0.15, 0.2) is 0 Å². The van der Waals surface area contributed by atoms with Gasteiger partial charge in [-0.15, -0.1) is 0 Å². The molecule has 4 fully saturated rings. The molecular weight excluding hydrogens is 384 g/mol. The number of hydrogen-bond acceptors (Lipinski definition) is 3. The molecule has 0 aliphatic heterocycles. The minimum Gasteiger partial charge on any atom is -0.463 e. The lowest BCUT2D eigenvalue weighted by Crippen LogP contribution is -2.54. The van der Waals surface area contributed by atoms with Crippen molar-refractivity contribution < 1.29 is 14.3 Å². The van der Waals surface area contributed by atoms with E-state index in [0.717, 1.165) is 43.1 Å². The largest absolute Gasteiger partial charge is 0.463 e. The van der Waals surface area contributed by atoms with Crippen LogP contribution >= 0.6 is 0 Å². The van der Waals surface area contributed by atoms with Crippen LogP contribution < -0.4 is 0 Å². The van der Waals surface area contributed by atoms with Crippen molar-refractivity contribution in [3.8, 4) is 0 Å². The molecule has 0 amide bonds. The lowest BCUT2D eigenvalue weighted by molar-refractivity contribution is -0.163. The van der Waals surface area contributed by atoms with Gasteiger partial charge in [-0.2, -0.15) is 0 Å². The highest BCUT2D eigenvalue weighted by atomic mass is 16.5. The van der Waals surface area contributed by atoms with Crippen molar-refractivity contribution in [3.63, 3.8) is 0 Å². The molecule has 3 heteroatoms. The highest BCUT2D eigenvalue weighted by Gasteiger charge is 2.60. The molecule has 4 aliphatic rings. The summed E-state index contributed by atoms with van der Waals surface area (Å²) in [5.74, 6) is 3.13. The van der Waals surface area contributed by atoms with Gasteiger partial charge in [0.2, 0.25) is 0 Å². The first-order chi connectivity index (χ1) is 14.9. The van der Waals surface area contributed by atoms with Crippen LogP contribution in [-0.2, 0) is 20.9 Å². The van der Waals surface area contributed by atoms with E-state index in [2.05, 4.69) is 44.2 Å². The number of rotatable bonds is 4. The van der Waals surface area contributed by atoms with Crippen LogP contribution in [0.4, 0.5) is 0 Å². The van der Waals surface area contributed by atoms with Crippen molar-refractivity contribution in [1.29, 1.82) is 0 Å². The SMILES string of the molecule is CC(=O)O[C@H]1CC[C@@]2(C)[C@@H](CC[C@@H]3[C@@H]2CC[C@]2(C)[C@@H](OCc4ccccc4)CC[C@@H]32)C1. The Kier molecular flexibility index (Phi) is 5.69. The molecule has 0 bridgehead atoms. The topological polar surface area (TPSA) is 35.5 Å². The second-order valence-corrected chi connectivity index (χ2v) is 11.6. The Balaban J connectivity index is 1.27. The molecule has 0 heterocycles. The maximum atomic E-state index is 11.5. The standard InChI is InChI=1S/C28H40O3/c1-19(29)31-22-13-15-27(2)21(17-22)9-10-23-24-11-12-26(28(24,3)16-14-25(23)27)30-18-20-7-5-4-6-8-20/h4-8,21-26H,9-18H2,1-3H3/t21-,22-,23-,24-,25-,26-,27-,28-/m0/s1. The predicted octanol–water partition coefficient (Wildman–Crippen LogP) is 6.55. The van der Waals surface area contributed by atoms with Crippen molar-refractivity contribution in [2.75, 3.05) is 0 Å². The number of carbonyl (C=O) groups excluding carboxylic acids is 1. The van der Waals surface area contributed by atoms with E-state index in [0.29, 0.717) is 16.9 Å². The van der Waals surface area contributed by atoms with Crippen molar-refractivity contribution in [2.24, 2.45) is 34.5 Å². The van der Waals surface area contributed by atoms with Crippen molar-refractivity contribution in [3.05, 3.63) is 35.9 Å². The Labute approximate surface area is 188 Å².